The number of hydrogen-bond acceptors (Lipinski definition) is 5. The zero-order valence-corrected chi connectivity index (χ0v) is 20.4. The first-order chi connectivity index (χ1) is 16.0. The first-order valence-electron chi connectivity index (χ1n) is 11.0. The minimum absolute atomic E-state index is 0.120. The summed E-state index contributed by atoms with van der Waals surface area (Å²) in [7, 11) is 1.36. The number of amides is 2. The molecule has 178 valence electrons. The highest BCUT2D eigenvalue weighted by molar-refractivity contribution is 6.00. The number of rotatable bonds is 6. The SMILES string of the molecule is COC(=O)C(C)(C)c1ccc(NC(=O)Nc2cccnc2Oc2ccccc2C(C)(C)C)cc1. The van der Waals surface area contributed by atoms with Crippen LogP contribution in [0.25, 0.3) is 0 Å². The molecule has 34 heavy (non-hydrogen) atoms. The average molecular weight is 462 g/mol. The van der Waals surface area contributed by atoms with Gasteiger partial charge in [-0.2, -0.15) is 0 Å². The van der Waals surface area contributed by atoms with Crippen molar-refractivity contribution in [1.29, 1.82) is 0 Å². The Hall–Kier alpha value is -3.87. The van der Waals surface area contributed by atoms with Gasteiger partial charge in [-0.05, 0) is 55.2 Å². The number of urea groups is 1. The molecule has 0 aliphatic carbocycles. The molecule has 7 heteroatoms. The largest absolute Gasteiger partial charge is 0.468 e. The van der Waals surface area contributed by atoms with Crippen LogP contribution in [0.15, 0.2) is 66.9 Å². The van der Waals surface area contributed by atoms with Crippen LogP contribution in [0.1, 0.15) is 45.7 Å². The zero-order valence-electron chi connectivity index (χ0n) is 20.4. The van der Waals surface area contributed by atoms with E-state index in [0.717, 1.165) is 11.1 Å². The van der Waals surface area contributed by atoms with Gasteiger partial charge in [0.2, 0.25) is 5.88 Å². The summed E-state index contributed by atoms with van der Waals surface area (Å²) in [6, 6.07) is 17.8. The molecule has 7 nitrogen and oxygen atoms in total. The summed E-state index contributed by atoms with van der Waals surface area (Å²) in [5.74, 6) is 0.647. The predicted octanol–water partition coefficient (Wildman–Crippen LogP) is 6.27. The highest BCUT2D eigenvalue weighted by atomic mass is 16.5. The molecule has 1 aromatic heterocycles. The third kappa shape index (κ3) is 5.73. The highest BCUT2D eigenvalue weighted by Gasteiger charge is 2.30. The standard InChI is InChI=1S/C27H31N3O4/c1-26(2,3)20-10-7-8-12-22(20)34-23-21(11-9-17-28-23)30-25(32)29-19-15-13-18(14-16-19)27(4,5)24(31)33-6/h7-17H,1-6H3,(H2,29,30,32). The molecule has 3 rings (SSSR count). The van der Waals surface area contributed by atoms with Crippen LogP contribution in [0, 0.1) is 0 Å². The molecule has 0 unspecified atom stereocenters. The van der Waals surface area contributed by atoms with Crippen molar-refractivity contribution in [2.24, 2.45) is 0 Å². The maximum absolute atomic E-state index is 12.7. The lowest BCUT2D eigenvalue weighted by atomic mass is 9.85. The Morgan fingerprint density at radius 1 is 0.853 bits per heavy atom. The first-order valence-corrected chi connectivity index (χ1v) is 11.0. The zero-order chi connectivity index (χ0) is 24.9. The van der Waals surface area contributed by atoms with E-state index >= 15 is 0 Å². The topological polar surface area (TPSA) is 89.5 Å². The molecular weight excluding hydrogens is 430 g/mol. The molecule has 0 radical (unpaired) electrons. The fraction of sp³-hybridized carbons (Fsp3) is 0.296. The molecule has 1 heterocycles. The molecule has 0 bridgehead atoms. The van der Waals surface area contributed by atoms with Crippen molar-refractivity contribution in [2.45, 2.75) is 45.4 Å². The van der Waals surface area contributed by atoms with Crippen molar-refractivity contribution >= 4 is 23.4 Å². The normalized spacial score (nSPS) is 11.5. The lowest BCUT2D eigenvalue weighted by Gasteiger charge is -2.23. The maximum atomic E-state index is 12.7. The van der Waals surface area contributed by atoms with Crippen molar-refractivity contribution < 1.29 is 19.1 Å². The number of pyridine rings is 1. The average Bonchev–Trinajstić information content (AvgIpc) is 2.79. The Morgan fingerprint density at radius 3 is 2.18 bits per heavy atom. The van der Waals surface area contributed by atoms with Gasteiger partial charge in [-0.15, -0.1) is 0 Å². The number of benzene rings is 2. The minimum Gasteiger partial charge on any atom is -0.468 e. The number of methoxy groups -OCH3 is 1. The van der Waals surface area contributed by atoms with Gasteiger partial charge in [0.15, 0.2) is 0 Å². The Morgan fingerprint density at radius 2 is 1.53 bits per heavy atom. The number of ether oxygens (including phenoxy) is 2. The summed E-state index contributed by atoms with van der Waals surface area (Å²) in [6.07, 6.45) is 1.61. The van der Waals surface area contributed by atoms with E-state index in [-0.39, 0.29) is 11.4 Å². The van der Waals surface area contributed by atoms with Crippen LogP contribution in [0.4, 0.5) is 16.2 Å². The van der Waals surface area contributed by atoms with E-state index in [2.05, 4.69) is 36.4 Å². The van der Waals surface area contributed by atoms with Crippen LogP contribution < -0.4 is 15.4 Å². The van der Waals surface area contributed by atoms with Crippen molar-refractivity contribution in [3.8, 4) is 11.6 Å². The molecule has 0 aliphatic rings. The second-order valence-corrected chi connectivity index (χ2v) is 9.48. The number of para-hydroxylation sites is 1. The molecule has 0 atom stereocenters. The molecule has 0 saturated heterocycles. The Bertz CT molecular complexity index is 1160. The van der Waals surface area contributed by atoms with Crippen molar-refractivity contribution in [1.82, 2.24) is 4.98 Å². The second kappa shape index (κ2) is 9.95. The monoisotopic (exact) mass is 461 g/mol. The van der Waals surface area contributed by atoms with Crippen LogP contribution in [0.5, 0.6) is 11.6 Å². The number of aromatic nitrogens is 1. The molecule has 2 aromatic carbocycles. The lowest BCUT2D eigenvalue weighted by molar-refractivity contribution is -0.146. The summed E-state index contributed by atoms with van der Waals surface area (Å²) < 4.78 is 11.0. The summed E-state index contributed by atoms with van der Waals surface area (Å²) in [5, 5.41) is 5.59. The fourth-order valence-electron chi connectivity index (χ4n) is 3.47. The van der Waals surface area contributed by atoms with Gasteiger partial charge in [0.25, 0.3) is 0 Å². The fourth-order valence-corrected chi connectivity index (χ4v) is 3.47. The van der Waals surface area contributed by atoms with E-state index < -0.39 is 11.4 Å². The number of anilines is 2. The van der Waals surface area contributed by atoms with Crippen LogP contribution >= 0.6 is 0 Å². The number of nitrogens with zero attached hydrogens (tertiary/aromatic N) is 1. The van der Waals surface area contributed by atoms with Crippen LogP contribution in [-0.2, 0) is 20.4 Å². The van der Waals surface area contributed by atoms with E-state index in [1.807, 2.05) is 24.3 Å². The van der Waals surface area contributed by atoms with E-state index in [1.54, 1.807) is 56.4 Å². The smallest absolute Gasteiger partial charge is 0.323 e. The van der Waals surface area contributed by atoms with Crippen LogP contribution in [0.3, 0.4) is 0 Å². The van der Waals surface area contributed by atoms with Gasteiger partial charge in [0.05, 0.1) is 12.5 Å². The number of carbonyl (C=O) groups is 2. The Kier molecular flexibility index (Phi) is 7.25. The molecule has 3 aromatic rings. The third-order valence-corrected chi connectivity index (χ3v) is 5.48. The molecule has 2 amide bonds. The van der Waals surface area contributed by atoms with Gasteiger partial charge in [-0.1, -0.05) is 51.1 Å². The number of hydrogen-bond donors (Lipinski definition) is 2. The summed E-state index contributed by atoms with van der Waals surface area (Å²) >= 11 is 0. The third-order valence-electron chi connectivity index (χ3n) is 5.48. The lowest BCUT2D eigenvalue weighted by Crippen LogP contribution is -2.30. The quantitative estimate of drug-likeness (QED) is 0.423. The number of carbonyl (C=O) groups excluding carboxylic acids is 2. The molecule has 0 saturated carbocycles. The van der Waals surface area contributed by atoms with Gasteiger partial charge in [0, 0.05) is 17.4 Å². The molecule has 0 aliphatic heterocycles. The highest BCUT2D eigenvalue weighted by Crippen LogP contribution is 2.35. The molecule has 2 N–H and O–H groups in total. The molecule has 0 fully saturated rings. The van der Waals surface area contributed by atoms with Gasteiger partial charge in [0.1, 0.15) is 11.4 Å². The van der Waals surface area contributed by atoms with Crippen LogP contribution in [0.2, 0.25) is 0 Å². The predicted molar refractivity (Wildman–Crippen MR) is 134 cm³/mol. The van der Waals surface area contributed by atoms with Crippen molar-refractivity contribution in [2.75, 3.05) is 17.7 Å². The Balaban J connectivity index is 1.73. The van der Waals surface area contributed by atoms with Gasteiger partial charge in [-0.25, -0.2) is 9.78 Å². The Labute approximate surface area is 200 Å². The van der Waals surface area contributed by atoms with E-state index in [1.165, 1.54) is 7.11 Å². The van der Waals surface area contributed by atoms with Crippen molar-refractivity contribution in [3.05, 3.63) is 78.0 Å². The number of nitrogens with one attached hydrogen (secondary N) is 2. The molecular formula is C27H31N3O4. The minimum atomic E-state index is -0.791. The second-order valence-electron chi connectivity index (χ2n) is 9.48. The summed E-state index contributed by atoms with van der Waals surface area (Å²) in [5.41, 5.74) is 1.92. The van der Waals surface area contributed by atoms with E-state index in [4.69, 9.17) is 9.47 Å². The first kappa shape index (κ1) is 24.8. The van der Waals surface area contributed by atoms with Gasteiger partial charge >= 0.3 is 12.0 Å². The van der Waals surface area contributed by atoms with Gasteiger partial charge < -0.3 is 20.1 Å². The van der Waals surface area contributed by atoms with E-state index in [9.17, 15) is 9.59 Å². The summed E-state index contributed by atoms with van der Waals surface area (Å²) in [4.78, 5) is 29.0. The maximum Gasteiger partial charge on any atom is 0.323 e. The summed E-state index contributed by atoms with van der Waals surface area (Å²) in [6.45, 7) is 9.90. The van der Waals surface area contributed by atoms with Crippen molar-refractivity contribution in [3.63, 3.8) is 0 Å². The van der Waals surface area contributed by atoms with E-state index in [0.29, 0.717) is 23.0 Å². The number of esters is 1. The van der Waals surface area contributed by atoms with Crippen LogP contribution in [-0.4, -0.2) is 24.1 Å². The molecule has 0 spiro atoms. The van der Waals surface area contributed by atoms with Gasteiger partial charge in [-0.3, -0.25) is 4.79 Å².